The Balaban J connectivity index is 2.02. The van der Waals surface area contributed by atoms with E-state index < -0.39 is 0 Å². The number of rotatable bonds is 6. The van der Waals surface area contributed by atoms with Crippen LogP contribution in [0.3, 0.4) is 0 Å². The number of amides is 1. The van der Waals surface area contributed by atoms with Crippen LogP contribution in [0.25, 0.3) is 0 Å². The molecule has 0 spiro atoms. The van der Waals surface area contributed by atoms with Crippen LogP contribution in [0.2, 0.25) is 0 Å². The first-order valence-corrected chi connectivity index (χ1v) is 8.36. The highest BCUT2D eigenvalue weighted by atomic mass is 32.2. The smallest absolute Gasteiger partial charge is 0.251 e. The Hall–Kier alpha value is -1.78. The monoisotopic (exact) mass is 314 g/mol. The molecule has 116 valence electrons. The van der Waals surface area contributed by atoms with E-state index in [2.05, 4.69) is 43.4 Å². The highest BCUT2D eigenvalue weighted by Crippen LogP contribution is 2.26. The first-order valence-electron chi connectivity index (χ1n) is 7.37. The van der Waals surface area contributed by atoms with E-state index >= 15 is 0 Å². The molecule has 0 fully saturated rings. The van der Waals surface area contributed by atoms with Gasteiger partial charge in [-0.05, 0) is 43.2 Å². The van der Waals surface area contributed by atoms with Gasteiger partial charge < -0.3 is 11.1 Å². The number of nitrogens with two attached hydrogens (primary N) is 1. The Morgan fingerprint density at radius 1 is 1.18 bits per heavy atom. The van der Waals surface area contributed by atoms with E-state index in [0.29, 0.717) is 18.7 Å². The molecule has 0 atom stereocenters. The summed E-state index contributed by atoms with van der Waals surface area (Å²) in [5.74, 6) is 0.783. The van der Waals surface area contributed by atoms with E-state index in [1.165, 1.54) is 16.0 Å². The molecule has 1 amide bonds. The molecule has 0 bridgehead atoms. The summed E-state index contributed by atoms with van der Waals surface area (Å²) in [7, 11) is 0. The Morgan fingerprint density at radius 3 is 2.73 bits per heavy atom. The summed E-state index contributed by atoms with van der Waals surface area (Å²) in [5, 5.41) is 2.79. The predicted molar refractivity (Wildman–Crippen MR) is 93.3 cm³/mol. The molecule has 0 aliphatic heterocycles. The molecule has 0 aromatic heterocycles. The highest BCUT2D eigenvalue weighted by molar-refractivity contribution is 7.98. The number of benzene rings is 2. The van der Waals surface area contributed by atoms with Gasteiger partial charge in [-0.1, -0.05) is 29.8 Å². The fraction of sp³-hybridized carbons (Fsp3) is 0.278. The molecule has 0 aliphatic rings. The van der Waals surface area contributed by atoms with Crippen molar-refractivity contribution in [2.45, 2.75) is 24.5 Å². The van der Waals surface area contributed by atoms with Crippen molar-refractivity contribution in [1.29, 1.82) is 0 Å². The molecule has 0 radical (unpaired) electrons. The minimum absolute atomic E-state index is 0.0659. The van der Waals surface area contributed by atoms with E-state index in [1.54, 1.807) is 11.8 Å². The molecule has 2 rings (SSSR count). The maximum atomic E-state index is 11.9. The zero-order chi connectivity index (χ0) is 15.9. The Labute approximate surface area is 136 Å². The first-order chi connectivity index (χ1) is 10.6. The maximum Gasteiger partial charge on any atom is 0.251 e. The minimum Gasteiger partial charge on any atom is -0.351 e. The largest absolute Gasteiger partial charge is 0.351 e. The summed E-state index contributed by atoms with van der Waals surface area (Å²) in [6, 6.07) is 14.2. The van der Waals surface area contributed by atoms with Crippen molar-refractivity contribution in [1.82, 2.24) is 5.32 Å². The number of nitrogens with one attached hydrogen (secondary N) is 1. The van der Waals surface area contributed by atoms with Crippen LogP contribution >= 0.6 is 11.8 Å². The molecule has 0 aliphatic carbocycles. The topological polar surface area (TPSA) is 55.1 Å². The lowest BCUT2D eigenvalue weighted by Gasteiger charge is -2.08. The van der Waals surface area contributed by atoms with Gasteiger partial charge in [-0.2, -0.15) is 0 Å². The molecular weight excluding hydrogens is 292 g/mol. The normalized spacial score (nSPS) is 10.5. The van der Waals surface area contributed by atoms with Gasteiger partial charge >= 0.3 is 0 Å². The predicted octanol–water partition coefficient (Wildman–Crippen LogP) is 3.28. The van der Waals surface area contributed by atoms with Crippen molar-refractivity contribution in [2.75, 3.05) is 13.1 Å². The van der Waals surface area contributed by atoms with Crippen LogP contribution in [0, 0.1) is 13.8 Å². The van der Waals surface area contributed by atoms with Gasteiger partial charge in [-0.25, -0.2) is 0 Å². The van der Waals surface area contributed by atoms with Crippen molar-refractivity contribution < 1.29 is 4.79 Å². The van der Waals surface area contributed by atoms with Gasteiger partial charge in [0, 0.05) is 29.3 Å². The third kappa shape index (κ3) is 4.61. The molecule has 0 saturated carbocycles. The Morgan fingerprint density at radius 2 is 2.00 bits per heavy atom. The zero-order valence-electron chi connectivity index (χ0n) is 13.1. The van der Waals surface area contributed by atoms with Crippen LogP contribution in [-0.4, -0.2) is 19.0 Å². The fourth-order valence-corrected chi connectivity index (χ4v) is 3.17. The summed E-state index contributed by atoms with van der Waals surface area (Å²) >= 11 is 1.80. The summed E-state index contributed by atoms with van der Waals surface area (Å²) < 4.78 is 0. The van der Waals surface area contributed by atoms with Crippen molar-refractivity contribution in [3.05, 3.63) is 64.7 Å². The lowest BCUT2D eigenvalue weighted by Crippen LogP contribution is -2.28. The van der Waals surface area contributed by atoms with Crippen LogP contribution < -0.4 is 11.1 Å². The molecule has 0 unspecified atom stereocenters. The standard InChI is InChI=1S/C18H22N2OS/c1-13-6-7-17(14(2)10-13)22-12-15-4-3-5-16(11-15)18(21)20-9-8-19/h3-7,10-11H,8-9,12,19H2,1-2H3,(H,20,21). The van der Waals surface area contributed by atoms with Crippen molar-refractivity contribution in [3.63, 3.8) is 0 Å². The Kier molecular flexibility index (Phi) is 6.04. The fourth-order valence-electron chi connectivity index (χ4n) is 2.21. The summed E-state index contributed by atoms with van der Waals surface area (Å²) in [5.41, 5.74) is 9.81. The second-order valence-corrected chi connectivity index (χ2v) is 6.32. The number of hydrogen-bond donors (Lipinski definition) is 2. The van der Waals surface area contributed by atoms with Gasteiger partial charge in [-0.3, -0.25) is 4.79 Å². The van der Waals surface area contributed by atoms with Crippen LogP contribution in [0.15, 0.2) is 47.4 Å². The average Bonchev–Trinajstić information content (AvgIpc) is 2.52. The molecule has 2 aromatic rings. The van der Waals surface area contributed by atoms with Gasteiger partial charge in [-0.15, -0.1) is 11.8 Å². The second-order valence-electron chi connectivity index (χ2n) is 5.30. The van der Waals surface area contributed by atoms with Crippen LogP contribution in [0.5, 0.6) is 0 Å². The number of carbonyl (C=O) groups is 1. The van der Waals surface area contributed by atoms with Gasteiger partial charge in [0.1, 0.15) is 0 Å². The second kappa shape index (κ2) is 8.01. The van der Waals surface area contributed by atoms with E-state index in [-0.39, 0.29) is 5.91 Å². The Bertz CT molecular complexity index is 655. The van der Waals surface area contributed by atoms with Crippen molar-refractivity contribution in [3.8, 4) is 0 Å². The third-order valence-corrected chi connectivity index (χ3v) is 4.59. The molecule has 3 nitrogen and oxygen atoms in total. The number of hydrogen-bond acceptors (Lipinski definition) is 3. The third-order valence-electron chi connectivity index (χ3n) is 3.34. The number of thioether (sulfide) groups is 1. The molecule has 4 heteroatoms. The summed E-state index contributed by atoms with van der Waals surface area (Å²) in [6.07, 6.45) is 0. The molecule has 22 heavy (non-hydrogen) atoms. The molecule has 3 N–H and O–H groups in total. The van der Waals surface area contributed by atoms with Gasteiger partial charge in [0.25, 0.3) is 5.91 Å². The molecular formula is C18H22N2OS. The highest BCUT2D eigenvalue weighted by Gasteiger charge is 2.06. The van der Waals surface area contributed by atoms with Gasteiger partial charge in [0.05, 0.1) is 0 Å². The van der Waals surface area contributed by atoms with E-state index in [1.807, 2.05) is 18.2 Å². The lowest BCUT2D eigenvalue weighted by atomic mass is 10.1. The van der Waals surface area contributed by atoms with Crippen molar-refractivity contribution in [2.24, 2.45) is 5.73 Å². The van der Waals surface area contributed by atoms with E-state index in [0.717, 1.165) is 11.3 Å². The lowest BCUT2D eigenvalue weighted by molar-refractivity contribution is 0.0954. The quantitative estimate of drug-likeness (QED) is 0.805. The van der Waals surface area contributed by atoms with Crippen molar-refractivity contribution >= 4 is 17.7 Å². The maximum absolute atomic E-state index is 11.9. The zero-order valence-corrected chi connectivity index (χ0v) is 13.9. The number of aryl methyl sites for hydroxylation is 2. The minimum atomic E-state index is -0.0659. The SMILES string of the molecule is Cc1ccc(SCc2cccc(C(=O)NCCN)c2)c(C)c1. The van der Waals surface area contributed by atoms with Gasteiger partial charge in [0.2, 0.25) is 0 Å². The van der Waals surface area contributed by atoms with E-state index in [9.17, 15) is 4.79 Å². The molecule has 0 heterocycles. The van der Waals surface area contributed by atoms with Crippen LogP contribution in [0.1, 0.15) is 27.0 Å². The average molecular weight is 314 g/mol. The molecule has 0 saturated heterocycles. The van der Waals surface area contributed by atoms with Crippen LogP contribution in [0.4, 0.5) is 0 Å². The van der Waals surface area contributed by atoms with Gasteiger partial charge in [0.15, 0.2) is 0 Å². The summed E-state index contributed by atoms with van der Waals surface area (Å²) in [6.45, 7) is 5.19. The summed E-state index contributed by atoms with van der Waals surface area (Å²) in [4.78, 5) is 13.2. The van der Waals surface area contributed by atoms with Crippen LogP contribution in [-0.2, 0) is 5.75 Å². The first kappa shape index (κ1) is 16.6. The van der Waals surface area contributed by atoms with E-state index in [4.69, 9.17) is 5.73 Å². The molecule has 2 aromatic carbocycles. The number of carbonyl (C=O) groups excluding carboxylic acids is 1.